The van der Waals surface area contributed by atoms with E-state index in [9.17, 15) is 0 Å². The van der Waals surface area contributed by atoms with Gasteiger partial charge in [0.25, 0.3) is 0 Å². The molecule has 2 bridgehead atoms. The molecule has 4 aliphatic rings. The highest BCUT2D eigenvalue weighted by Crippen LogP contribution is 2.46. The Balaban J connectivity index is 1.45. The van der Waals surface area contributed by atoms with Crippen LogP contribution in [0.4, 0.5) is 5.82 Å². The van der Waals surface area contributed by atoms with Crippen molar-refractivity contribution in [1.29, 1.82) is 0 Å². The van der Waals surface area contributed by atoms with E-state index in [2.05, 4.69) is 32.0 Å². The molecule has 1 spiro atoms. The lowest BCUT2D eigenvalue weighted by Gasteiger charge is -2.55. The summed E-state index contributed by atoms with van der Waals surface area (Å²) in [5.41, 5.74) is 0.162. The minimum absolute atomic E-state index is 0.162. The van der Waals surface area contributed by atoms with Crippen LogP contribution in [-0.4, -0.2) is 40.0 Å². The lowest BCUT2D eigenvalue weighted by atomic mass is 9.71. The molecule has 0 radical (unpaired) electrons. The van der Waals surface area contributed by atoms with Crippen molar-refractivity contribution < 1.29 is 4.74 Å². The predicted molar refractivity (Wildman–Crippen MR) is 96.7 cm³/mol. The number of hydrogen-bond acceptors (Lipinski definition) is 5. The van der Waals surface area contributed by atoms with Crippen LogP contribution in [0.15, 0.2) is 55.0 Å². The molecule has 0 N–H and O–H groups in total. The van der Waals surface area contributed by atoms with Crippen LogP contribution in [0.5, 0.6) is 11.6 Å². The van der Waals surface area contributed by atoms with E-state index in [4.69, 9.17) is 4.74 Å². The van der Waals surface area contributed by atoms with Crippen molar-refractivity contribution in [1.82, 2.24) is 14.9 Å². The topological polar surface area (TPSA) is 41.5 Å². The summed E-state index contributed by atoms with van der Waals surface area (Å²) in [6, 6.07) is 11.7. The number of aromatic nitrogens is 2. The molecule has 4 aliphatic heterocycles. The molecule has 0 saturated carbocycles. The third kappa shape index (κ3) is 2.50. The zero-order valence-electron chi connectivity index (χ0n) is 14.2. The van der Waals surface area contributed by atoms with Crippen LogP contribution in [0, 0.1) is 5.92 Å². The lowest BCUT2D eigenvalue weighted by Crippen LogP contribution is -2.64. The Hall–Kier alpha value is -2.40. The summed E-state index contributed by atoms with van der Waals surface area (Å²) in [6.45, 7) is 3.61. The van der Waals surface area contributed by atoms with Gasteiger partial charge in [-0.2, -0.15) is 0 Å². The SMILES string of the molecule is C1=CN(c2cc(Oc3ccccc3)ncn2)[C@@]2(C1)CN1CCC2CC1. The monoisotopic (exact) mass is 334 g/mol. The van der Waals surface area contributed by atoms with Gasteiger partial charge in [0, 0.05) is 18.8 Å². The maximum absolute atomic E-state index is 5.90. The number of hydrogen-bond donors (Lipinski definition) is 0. The quantitative estimate of drug-likeness (QED) is 0.860. The highest BCUT2D eigenvalue weighted by atomic mass is 16.5. The van der Waals surface area contributed by atoms with Gasteiger partial charge in [0.15, 0.2) is 0 Å². The molecule has 3 fully saturated rings. The van der Waals surface area contributed by atoms with E-state index >= 15 is 0 Å². The fraction of sp³-hybridized carbons (Fsp3) is 0.400. The van der Waals surface area contributed by atoms with Gasteiger partial charge in [0.1, 0.15) is 17.9 Å². The Morgan fingerprint density at radius 1 is 1.08 bits per heavy atom. The van der Waals surface area contributed by atoms with Gasteiger partial charge in [0.05, 0.1) is 5.54 Å². The van der Waals surface area contributed by atoms with Gasteiger partial charge in [-0.25, -0.2) is 9.97 Å². The fourth-order valence-corrected chi connectivity index (χ4v) is 4.69. The van der Waals surface area contributed by atoms with Gasteiger partial charge in [-0.3, -0.25) is 0 Å². The maximum Gasteiger partial charge on any atom is 0.224 e. The molecule has 0 unspecified atom stereocenters. The third-order valence-corrected chi connectivity index (χ3v) is 5.89. The Labute approximate surface area is 148 Å². The maximum atomic E-state index is 5.90. The molecule has 25 heavy (non-hydrogen) atoms. The number of nitrogens with zero attached hydrogens (tertiary/aromatic N) is 4. The molecule has 128 valence electrons. The first kappa shape index (κ1) is 14.9. The molecular formula is C20H22N4O. The number of anilines is 1. The Morgan fingerprint density at radius 2 is 1.92 bits per heavy atom. The molecule has 3 saturated heterocycles. The molecule has 5 nitrogen and oxygen atoms in total. The summed E-state index contributed by atoms with van der Waals surface area (Å²) in [5, 5.41) is 0. The van der Waals surface area contributed by atoms with Gasteiger partial charge in [-0.05, 0) is 50.4 Å². The van der Waals surface area contributed by atoms with Crippen molar-refractivity contribution in [2.45, 2.75) is 24.8 Å². The van der Waals surface area contributed by atoms with Crippen molar-refractivity contribution in [3.05, 3.63) is 55.0 Å². The van der Waals surface area contributed by atoms with E-state index in [1.165, 1.54) is 25.9 Å². The van der Waals surface area contributed by atoms with Crippen molar-refractivity contribution in [3.8, 4) is 11.6 Å². The van der Waals surface area contributed by atoms with Crippen molar-refractivity contribution in [3.63, 3.8) is 0 Å². The fourth-order valence-electron chi connectivity index (χ4n) is 4.69. The second kappa shape index (κ2) is 5.85. The Morgan fingerprint density at radius 3 is 2.68 bits per heavy atom. The van der Waals surface area contributed by atoms with E-state index in [1.807, 2.05) is 36.4 Å². The van der Waals surface area contributed by atoms with Crippen LogP contribution >= 0.6 is 0 Å². The van der Waals surface area contributed by atoms with Crippen LogP contribution in [-0.2, 0) is 0 Å². The highest BCUT2D eigenvalue weighted by Gasteiger charge is 2.51. The largest absolute Gasteiger partial charge is 0.439 e. The molecule has 5 heterocycles. The molecule has 5 heteroatoms. The van der Waals surface area contributed by atoms with Crippen molar-refractivity contribution >= 4 is 5.82 Å². The number of rotatable bonds is 3. The summed E-state index contributed by atoms with van der Waals surface area (Å²) in [7, 11) is 0. The molecule has 1 atom stereocenters. The average Bonchev–Trinajstić information content (AvgIpc) is 3.07. The van der Waals surface area contributed by atoms with Crippen LogP contribution < -0.4 is 9.64 Å². The summed E-state index contributed by atoms with van der Waals surface area (Å²) >= 11 is 0. The number of piperidine rings is 3. The van der Waals surface area contributed by atoms with E-state index in [0.29, 0.717) is 5.88 Å². The average molecular weight is 334 g/mol. The summed E-state index contributed by atoms with van der Waals surface area (Å²) < 4.78 is 5.90. The lowest BCUT2D eigenvalue weighted by molar-refractivity contribution is 0.0332. The van der Waals surface area contributed by atoms with E-state index in [1.54, 1.807) is 6.33 Å². The molecule has 0 amide bonds. The predicted octanol–water partition coefficient (Wildman–Crippen LogP) is 3.46. The van der Waals surface area contributed by atoms with Gasteiger partial charge in [-0.1, -0.05) is 24.3 Å². The first-order chi connectivity index (χ1) is 12.3. The number of fused-ring (bicyclic) bond motifs is 2. The van der Waals surface area contributed by atoms with Crippen molar-refractivity contribution in [2.75, 3.05) is 24.5 Å². The number of benzene rings is 1. The zero-order valence-corrected chi connectivity index (χ0v) is 14.2. The van der Waals surface area contributed by atoms with Gasteiger partial charge in [-0.15, -0.1) is 0 Å². The number of para-hydroxylation sites is 1. The second-order valence-corrected chi connectivity index (χ2v) is 7.24. The van der Waals surface area contributed by atoms with Crippen LogP contribution in [0.3, 0.4) is 0 Å². The molecule has 6 rings (SSSR count). The van der Waals surface area contributed by atoms with Gasteiger partial charge < -0.3 is 14.5 Å². The van der Waals surface area contributed by atoms with Crippen molar-refractivity contribution in [2.24, 2.45) is 5.92 Å². The van der Waals surface area contributed by atoms with E-state index in [-0.39, 0.29) is 5.54 Å². The van der Waals surface area contributed by atoms with Gasteiger partial charge >= 0.3 is 0 Å². The first-order valence-electron chi connectivity index (χ1n) is 9.07. The molecular weight excluding hydrogens is 312 g/mol. The normalized spacial score (nSPS) is 30.2. The van der Waals surface area contributed by atoms with Crippen LogP contribution in [0.1, 0.15) is 19.3 Å². The standard InChI is InChI=1S/C20H22N4O/c1-2-5-17(6-3-1)25-19-13-18(21-15-22-19)24-10-4-9-20(24)14-23-11-7-16(20)8-12-23/h1-6,10,13,15-16H,7-9,11-12,14H2/t20-/m0/s1. The Bertz CT molecular complexity index is 785. The van der Waals surface area contributed by atoms with Crippen LogP contribution in [0.2, 0.25) is 0 Å². The first-order valence-corrected chi connectivity index (χ1v) is 9.07. The molecule has 0 aliphatic carbocycles. The molecule has 1 aromatic carbocycles. The highest BCUT2D eigenvalue weighted by molar-refractivity contribution is 5.52. The Kier molecular flexibility index (Phi) is 3.48. The van der Waals surface area contributed by atoms with Crippen LogP contribution in [0.25, 0.3) is 0 Å². The summed E-state index contributed by atoms with van der Waals surface area (Å²) in [4.78, 5) is 13.8. The minimum Gasteiger partial charge on any atom is -0.439 e. The minimum atomic E-state index is 0.162. The van der Waals surface area contributed by atoms with E-state index < -0.39 is 0 Å². The summed E-state index contributed by atoms with van der Waals surface area (Å²) in [6.07, 6.45) is 9.78. The zero-order chi connectivity index (χ0) is 16.7. The van der Waals surface area contributed by atoms with Gasteiger partial charge in [0.2, 0.25) is 5.88 Å². The van der Waals surface area contributed by atoms with E-state index in [0.717, 1.165) is 30.5 Å². The molecule has 1 aromatic heterocycles. The summed E-state index contributed by atoms with van der Waals surface area (Å²) in [5.74, 6) is 3.05. The smallest absolute Gasteiger partial charge is 0.224 e. The second-order valence-electron chi connectivity index (χ2n) is 7.24. The molecule has 2 aromatic rings. The third-order valence-electron chi connectivity index (χ3n) is 5.89. The number of ether oxygens (including phenoxy) is 1.